The molecular weight excluding hydrogens is 244 g/mol. The second kappa shape index (κ2) is 6.78. The van der Waals surface area contributed by atoms with Crippen molar-refractivity contribution in [3.05, 3.63) is 35.9 Å². The minimum atomic E-state index is -0.668. The minimum absolute atomic E-state index is 0.202. The normalized spacial score (nSPS) is 19.2. The Labute approximate surface area is 112 Å². The fraction of sp³-hybridized carbons (Fsp3) is 0.429. The van der Waals surface area contributed by atoms with E-state index in [1.54, 1.807) is 0 Å². The molecule has 19 heavy (non-hydrogen) atoms. The highest BCUT2D eigenvalue weighted by atomic mass is 16.6. The number of ether oxygens (including phenoxy) is 1. The van der Waals surface area contributed by atoms with Gasteiger partial charge in [0.1, 0.15) is 0 Å². The lowest BCUT2D eigenvalue weighted by Gasteiger charge is -2.14. The molecule has 1 aliphatic heterocycles. The van der Waals surface area contributed by atoms with Crippen molar-refractivity contribution in [3.8, 4) is 0 Å². The van der Waals surface area contributed by atoms with E-state index in [9.17, 15) is 9.59 Å². The Kier molecular flexibility index (Phi) is 4.78. The van der Waals surface area contributed by atoms with Gasteiger partial charge in [-0.25, -0.2) is 4.79 Å². The van der Waals surface area contributed by atoms with Crippen molar-refractivity contribution < 1.29 is 14.3 Å². The van der Waals surface area contributed by atoms with E-state index < -0.39 is 12.2 Å². The van der Waals surface area contributed by atoms with Gasteiger partial charge >= 0.3 is 6.09 Å². The number of nitrogens with one attached hydrogen (secondary N) is 2. The molecule has 2 N–H and O–H groups in total. The smallest absolute Gasteiger partial charge is 0.408 e. The lowest BCUT2D eigenvalue weighted by Crippen LogP contribution is -2.38. The van der Waals surface area contributed by atoms with Crippen molar-refractivity contribution in [3.63, 3.8) is 0 Å². The maximum absolute atomic E-state index is 11.6. The monoisotopic (exact) mass is 262 g/mol. The van der Waals surface area contributed by atoms with Gasteiger partial charge in [-0.1, -0.05) is 30.3 Å². The maximum Gasteiger partial charge on any atom is 0.408 e. The SMILES string of the molecule is O=C(NCc1ccccc1)OC1CCCCNC1=O. The Morgan fingerprint density at radius 3 is 2.89 bits per heavy atom. The van der Waals surface area contributed by atoms with Gasteiger partial charge in [0.25, 0.3) is 5.91 Å². The molecule has 0 saturated carbocycles. The van der Waals surface area contributed by atoms with Gasteiger partial charge in [-0.2, -0.15) is 0 Å². The fourth-order valence-corrected chi connectivity index (χ4v) is 1.96. The van der Waals surface area contributed by atoms with Gasteiger partial charge in [0.05, 0.1) is 0 Å². The highest BCUT2D eigenvalue weighted by Crippen LogP contribution is 2.09. The summed E-state index contributed by atoms with van der Waals surface area (Å²) in [5.74, 6) is -0.202. The molecule has 0 aromatic heterocycles. The molecular formula is C14H18N2O3. The zero-order valence-corrected chi connectivity index (χ0v) is 10.7. The second-order valence-electron chi connectivity index (χ2n) is 4.52. The summed E-state index contributed by atoms with van der Waals surface area (Å²) in [5.41, 5.74) is 0.991. The molecule has 1 fully saturated rings. The van der Waals surface area contributed by atoms with E-state index in [-0.39, 0.29) is 5.91 Å². The summed E-state index contributed by atoms with van der Waals surface area (Å²) >= 11 is 0. The molecule has 1 atom stereocenters. The van der Waals surface area contributed by atoms with E-state index in [2.05, 4.69) is 10.6 Å². The van der Waals surface area contributed by atoms with Crippen LogP contribution in [-0.2, 0) is 16.1 Å². The third kappa shape index (κ3) is 4.28. The minimum Gasteiger partial charge on any atom is -0.436 e. The average molecular weight is 262 g/mol. The number of hydrogen-bond donors (Lipinski definition) is 2. The first-order valence-electron chi connectivity index (χ1n) is 6.52. The Morgan fingerprint density at radius 2 is 2.11 bits per heavy atom. The van der Waals surface area contributed by atoms with Gasteiger partial charge < -0.3 is 15.4 Å². The molecule has 2 rings (SSSR count). The van der Waals surface area contributed by atoms with Crippen LogP contribution in [0.5, 0.6) is 0 Å². The van der Waals surface area contributed by atoms with Crippen molar-refractivity contribution in [2.24, 2.45) is 0 Å². The van der Waals surface area contributed by atoms with Crippen LogP contribution in [0.25, 0.3) is 0 Å². The molecule has 1 heterocycles. The van der Waals surface area contributed by atoms with Gasteiger partial charge in [-0.05, 0) is 24.8 Å². The summed E-state index contributed by atoms with van der Waals surface area (Å²) in [4.78, 5) is 23.2. The second-order valence-corrected chi connectivity index (χ2v) is 4.52. The molecule has 1 unspecified atom stereocenters. The summed E-state index contributed by atoms with van der Waals surface area (Å²) in [6, 6.07) is 9.55. The zero-order chi connectivity index (χ0) is 13.5. The van der Waals surface area contributed by atoms with Crippen molar-refractivity contribution in [2.45, 2.75) is 31.9 Å². The standard InChI is InChI=1S/C14H18N2O3/c17-13-12(8-4-5-9-15-13)19-14(18)16-10-11-6-2-1-3-7-11/h1-3,6-7,12H,4-5,8-10H2,(H,15,17)(H,16,18). The van der Waals surface area contributed by atoms with E-state index in [1.807, 2.05) is 30.3 Å². The van der Waals surface area contributed by atoms with Crippen LogP contribution in [-0.4, -0.2) is 24.6 Å². The lowest BCUT2D eigenvalue weighted by molar-refractivity contribution is -0.129. The summed E-state index contributed by atoms with van der Waals surface area (Å²) in [6.07, 6.45) is 1.18. The molecule has 0 bridgehead atoms. The Hall–Kier alpha value is -2.04. The third-order valence-electron chi connectivity index (χ3n) is 3.01. The molecule has 5 heteroatoms. The van der Waals surface area contributed by atoms with E-state index in [4.69, 9.17) is 4.74 Å². The first-order chi connectivity index (χ1) is 9.25. The number of benzene rings is 1. The van der Waals surface area contributed by atoms with Gasteiger partial charge in [0, 0.05) is 13.1 Å². The summed E-state index contributed by atoms with van der Waals surface area (Å²) in [5, 5.41) is 5.38. The summed E-state index contributed by atoms with van der Waals surface area (Å²) in [6.45, 7) is 1.05. The molecule has 1 saturated heterocycles. The summed E-state index contributed by atoms with van der Waals surface area (Å²) < 4.78 is 5.14. The number of hydrogen-bond acceptors (Lipinski definition) is 3. The molecule has 2 amide bonds. The van der Waals surface area contributed by atoms with Crippen LogP contribution in [0.3, 0.4) is 0 Å². The number of rotatable bonds is 3. The number of amides is 2. The van der Waals surface area contributed by atoms with E-state index in [0.717, 1.165) is 18.4 Å². The predicted molar refractivity (Wildman–Crippen MR) is 70.4 cm³/mol. The molecule has 5 nitrogen and oxygen atoms in total. The van der Waals surface area contributed by atoms with E-state index in [0.29, 0.717) is 19.5 Å². The summed E-state index contributed by atoms with van der Waals surface area (Å²) in [7, 11) is 0. The number of alkyl carbamates (subject to hydrolysis) is 1. The van der Waals surface area contributed by atoms with Crippen LogP contribution in [0.15, 0.2) is 30.3 Å². The number of carbonyl (C=O) groups excluding carboxylic acids is 2. The Balaban J connectivity index is 1.79. The third-order valence-corrected chi connectivity index (χ3v) is 3.01. The van der Waals surface area contributed by atoms with Crippen molar-refractivity contribution in [1.29, 1.82) is 0 Å². The van der Waals surface area contributed by atoms with Crippen molar-refractivity contribution >= 4 is 12.0 Å². The van der Waals surface area contributed by atoms with Crippen LogP contribution < -0.4 is 10.6 Å². The van der Waals surface area contributed by atoms with E-state index in [1.165, 1.54) is 0 Å². The molecule has 0 radical (unpaired) electrons. The van der Waals surface area contributed by atoms with Crippen molar-refractivity contribution in [2.75, 3.05) is 6.54 Å². The molecule has 102 valence electrons. The first kappa shape index (κ1) is 13.4. The Morgan fingerprint density at radius 1 is 1.32 bits per heavy atom. The van der Waals surface area contributed by atoms with Crippen LogP contribution >= 0.6 is 0 Å². The van der Waals surface area contributed by atoms with Crippen LogP contribution in [0.1, 0.15) is 24.8 Å². The molecule has 1 aromatic carbocycles. The molecule has 0 aliphatic carbocycles. The lowest BCUT2D eigenvalue weighted by atomic mass is 10.2. The van der Waals surface area contributed by atoms with Gasteiger partial charge in [0.15, 0.2) is 6.10 Å². The van der Waals surface area contributed by atoms with Crippen LogP contribution in [0.2, 0.25) is 0 Å². The highest BCUT2D eigenvalue weighted by molar-refractivity contribution is 5.83. The molecule has 1 aliphatic rings. The fourth-order valence-electron chi connectivity index (χ4n) is 1.96. The molecule has 0 spiro atoms. The first-order valence-corrected chi connectivity index (χ1v) is 6.52. The topological polar surface area (TPSA) is 67.4 Å². The predicted octanol–water partition coefficient (Wildman–Crippen LogP) is 1.58. The van der Waals surface area contributed by atoms with Crippen LogP contribution in [0.4, 0.5) is 4.79 Å². The zero-order valence-electron chi connectivity index (χ0n) is 10.7. The van der Waals surface area contributed by atoms with Gasteiger partial charge in [-0.15, -0.1) is 0 Å². The largest absolute Gasteiger partial charge is 0.436 e. The molecule has 1 aromatic rings. The Bertz CT molecular complexity index is 434. The van der Waals surface area contributed by atoms with Crippen molar-refractivity contribution in [1.82, 2.24) is 10.6 Å². The number of carbonyl (C=O) groups is 2. The average Bonchev–Trinajstić information content (AvgIpc) is 2.63. The maximum atomic E-state index is 11.6. The highest BCUT2D eigenvalue weighted by Gasteiger charge is 2.24. The van der Waals surface area contributed by atoms with Gasteiger partial charge in [0.2, 0.25) is 0 Å². The van der Waals surface area contributed by atoms with Crippen LogP contribution in [0, 0.1) is 0 Å². The van der Waals surface area contributed by atoms with E-state index >= 15 is 0 Å². The quantitative estimate of drug-likeness (QED) is 0.869. The van der Waals surface area contributed by atoms with Gasteiger partial charge in [-0.3, -0.25) is 4.79 Å².